The maximum atomic E-state index is 10.4. The van der Waals surface area contributed by atoms with E-state index >= 15 is 0 Å². The highest BCUT2D eigenvalue weighted by Crippen LogP contribution is 1.89. The first-order valence-corrected chi connectivity index (χ1v) is 7.03. The van der Waals surface area contributed by atoms with Crippen molar-refractivity contribution in [2.45, 2.75) is 53.4 Å². The molecule has 0 aromatic rings. The summed E-state index contributed by atoms with van der Waals surface area (Å²) in [6, 6.07) is 0. The van der Waals surface area contributed by atoms with Crippen LogP contribution in [-0.2, 0) is 28.7 Å². The van der Waals surface area contributed by atoms with Gasteiger partial charge in [-0.05, 0) is 26.7 Å². The van der Waals surface area contributed by atoms with E-state index in [-0.39, 0.29) is 11.9 Å². The van der Waals surface area contributed by atoms with Gasteiger partial charge >= 0.3 is 23.9 Å². The van der Waals surface area contributed by atoms with E-state index in [0.717, 1.165) is 12.8 Å². The molecule has 22 heavy (non-hydrogen) atoms. The summed E-state index contributed by atoms with van der Waals surface area (Å²) < 4.78 is 9.29. The minimum atomic E-state index is -1.82. The Balaban J connectivity index is -0.000000249. The normalized spacial score (nSPS) is 8.36. The molecule has 0 unspecified atom stereocenters. The van der Waals surface area contributed by atoms with Crippen molar-refractivity contribution in [2.24, 2.45) is 0 Å². The summed E-state index contributed by atoms with van der Waals surface area (Å²) >= 11 is 0. The fraction of sp³-hybridized carbons (Fsp3) is 0.714. The van der Waals surface area contributed by atoms with E-state index in [9.17, 15) is 9.59 Å². The van der Waals surface area contributed by atoms with E-state index in [4.69, 9.17) is 19.8 Å². The molecule has 0 spiro atoms. The van der Waals surface area contributed by atoms with Crippen LogP contribution < -0.4 is 0 Å². The third-order valence-corrected chi connectivity index (χ3v) is 1.70. The number of carbonyl (C=O) groups excluding carboxylic acids is 2. The van der Waals surface area contributed by atoms with Crippen LogP contribution in [0.5, 0.6) is 0 Å². The second-order valence-corrected chi connectivity index (χ2v) is 3.72. The molecule has 0 aliphatic heterocycles. The fourth-order valence-corrected chi connectivity index (χ4v) is 0.875. The highest BCUT2D eigenvalue weighted by molar-refractivity contribution is 6.27. The summed E-state index contributed by atoms with van der Waals surface area (Å²) in [4.78, 5) is 39.0. The highest BCUT2D eigenvalue weighted by Gasteiger charge is 2.04. The Labute approximate surface area is 130 Å². The molecule has 0 rings (SSSR count). The van der Waals surface area contributed by atoms with Crippen LogP contribution in [-0.4, -0.2) is 47.3 Å². The van der Waals surface area contributed by atoms with Gasteiger partial charge in [-0.1, -0.05) is 13.8 Å². The lowest BCUT2D eigenvalue weighted by molar-refractivity contribution is -0.159. The molecule has 0 heterocycles. The molecule has 0 amide bonds. The Hall–Kier alpha value is -2.12. The van der Waals surface area contributed by atoms with Crippen LogP contribution in [0, 0.1) is 0 Å². The van der Waals surface area contributed by atoms with E-state index in [2.05, 4.69) is 9.47 Å². The van der Waals surface area contributed by atoms with E-state index in [0.29, 0.717) is 26.1 Å². The van der Waals surface area contributed by atoms with Gasteiger partial charge in [0, 0.05) is 12.8 Å². The van der Waals surface area contributed by atoms with Crippen LogP contribution in [0.3, 0.4) is 0 Å². The standard InChI is InChI=1S/2C6H12O2.C2H2O4/c2*1-3-5-6(7)8-4-2;3-1(4)2(5)6/h2*3-5H2,1-2H3;(H,3,4)(H,5,6). The molecule has 0 aromatic carbocycles. The highest BCUT2D eigenvalue weighted by atomic mass is 16.5. The quantitative estimate of drug-likeness (QED) is 0.560. The van der Waals surface area contributed by atoms with Gasteiger partial charge in [-0.2, -0.15) is 0 Å². The molecular formula is C14H26O8. The maximum Gasteiger partial charge on any atom is 0.414 e. The van der Waals surface area contributed by atoms with Crippen LogP contribution in [0.15, 0.2) is 0 Å². The van der Waals surface area contributed by atoms with Gasteiger partial charge in [-0.25, -0.2) is 9.59 Å². The van der Waals surface area contributed by atoms with Gasteiger partial charge in [0.2, 0.25) is 0 Å². The molecule has 0 atom stereocenters. The molecule has 0 aliphatic rings. The van der Waals surface area contributed by atoms with E-state index < -0.39 is 11.9 Å². The molecule has 0 saturated carbocycles. The second kappa shape index (κ2) is 18.9. The minimum Gasteiger partial charge on any atom is -0.473 e. The number of carboxylic acid groups (broad SMARTS) is 2. The van der Waals surface area contributed by atoms with Gasteiger partial charge in [0.25, 0.3) is 0 Å². The number of carboxylic acids is 2. The van der Waals surface area contributed by atoms with Crippen LogP contribution >= 0.6 is 0 Å². The number of ether oxygens (including phenoxy) is 2. The lowest BCUT2D eigenvalue weighted by atomic mass is 10.3. The summed E-state index contributed by atoms with van der Waals surface area (Å²) in [7, 11) is 0. The lowest BCUT2D eigenvalue weighted by Gasteiger charge is -1.96. The fourth-order valence-electron chi connectivity index (χ4n) is 0.875. The van der Waals surface area contributed by atoms with Crippen molar-refractivity contribution in [1.82, 2.24) is 0 Å². The largest absolute Gasteiger partial charge is 0.473 e. The van der Waals surface area contributed by atoms with Crippen LogP contribution in [0.4, 0.5) is 0 Å². The van der Waals surface area contributed by atoms with E-state index in [1.165, 1.54) is 0 Å². The van der Waals surface area contributed by atoms with Gasteiger partial charge in [-0.15, -0.1) is 0 Å². The summed E-state index contributed by atoms with van der Waals surface area (Å²) in [5, 5.41) is 14.8. The Morgan fingerprint density at radius 3 is 1.09 bits per heavy atom. The Morgan fingerprint density at radius 2 is 0.955 bits per heavy atom. The zero-order valence-corrected chi connectivity index (χ0v) is 13.6. The van der Waals surface area contributed by atoms with Crippen molar-refractivity contribution in [3.8, 4) is 0 Å². The molecule has 130 valence electrons. The Bertz CT molecular complexity index is 277. The predicted octanol–water partition coefficient (Wildman–Crippen LogP) is 1.85. The van der Waals surface area contributed by atoms with Crippen molar-refractivity contribution in [3.05, 3.63) is 0 Å². The number of hydrogen-bond acceptors (Lipinski definition) is 6. The number of esters is 2. The van der Waals surface area contributed by atoms with E-state index in [1.54, 1.807) is 0 Å². The molecule has 8 heteroatoms. The monoisotopic (exact) mass is 322 g/mol. The maximum absolute atomic E-state index is 10.4. The summed E-state index contributed by atoms with van der Waals surface area (Å²) in [5.41, 5.74) is 0. The molecule has 2 N–H and O–H groups in total. The van der Waals surface area contributed by atoms with Gasteiger partial charge in [0.1, 0.15) is 0 Å². The molecule has 0 aliphatic carbocycles. The van der Waals surface area contributed by atoms with Gasteiger partial charge in [-0.3, -0.25) is 9.59 Å². The third kappa shape index (κ3) is 26.4. The van der Waals surface area contributed by atoms with Gasteiger partial charge < -0.3 is 19.7 Å². The molecule has 0 bridgehead atoms. The first-order chi connectivity index (χ1) is 10.3. The Kier molecular flexibility index (Phi) is 21.3. The first kappa shape index (κ1) is 24.9. The summed E-state index contributed by atoms with van der Waals surface area (Å²) in [6.45, 7) is 8.53. The molecule has 0 fully saturated rings. The number of hydrogen-bond donors (Lipinski definition) is 2. The molecule has 0 radical (unpaired) electrons. The third-order valence-electron chi connectivity index (χ3n) is 1.70. The van der Waals surface area contributed by atoms with Crippen molar-refractivity contribution in [1.29, 1.82) is 0 Å². The Morgan fingerprint density at radius 1 is 0.682 bits per heavy atom. The lowest BCUT2D eigenvalue weighted by Crippen LogP contribution is -2.09. The van der Waals surface area contributed by atoms with Crippen molar-refractivity contribution in [2.75, 3.05) is 13.2 Å². The molecule has 0 aromatic heterocycles. The number of aliphatic carboxylic acids is 2. The van der Waals surface area contributed by atoms with Gasteiger partial charge in [0.05, 0.1) is 13.2 Å². The first-order valence-electron chi connectivity index (χ1n) is 7.03. The smallest absolute Gasteiger partial charge is 0.414 e. The SMILES string of the molecule is CCCC(=O)OCC.CCCC(=O)OCC.O=C(O)C(=O)O. The summed E-state index contributed by atoms with van der Waals surface area (Å²) in [6.07, 6.45) is 2.85. The number of rotatable bonds is 6. The minimum absolute atomic E-state index is 0.0880. The van der Waals surface area contributed by atoms with Crippen molar-refractivity contribution < 1.29 is 38.9 Å². The van der Waals surface area contributed by atoms with Crippen molar-refractivity contribution >= 4 is 23.9 Å². The van der Waals surface area contributed by atoms with Gasteiger partial charge in [0.15, 0.2) is 0 Å². The van der Waals surface area contributed by atoms with Crippen LogP contribution in [0.25, 0.3) is 0 Å². The molecule has 8 nitrogen and oxygen atoms in total. The summed E-state index contributed by atoms with van der Waals surface area (Å²) in [5.74, 6) is -3.82. The van der Waals surface area contributed by atoms with Crippen molar-refractivity contribution in [3.63, 3.8) is 0 Å². The zero-order chi connectivity index (χ0) is 18.0. The van der Waals surface area contributed by atoms with E-state index in [1.807, 2.05) is 27.7 Å². The second-order valence-electron chi connectivity index (χ2n) is 3.72. The molecular weight excluding hydrogens is 296 g/mol. The average Bonchev–Trinajstić information content (AvgIpc) is 2.41. The van der Waals surface area contributed by atoms with Crippen LogP contribution in [0.2, 0.25) is 0 Å². The molecule has 0 saturated heterocycles. The van der Waals surface area contributed by atoms with Crippen LogP contribution in [0.1, 0.15) is 53.4 Å². The topological polar surface area (TPSA) is 127 Å². The zero-order valence-electron chi connectivity index (χ0n) is 13.6. The predicted molar refractivity (Wildman–Crippen MR) is 78.4 cm³/mol. The average molecular weight is 322 g/mol. The number of carbonyl (C=O) groups is 4.